The molecule has 1 fully saturated rings. The zero-order valence-corrected chi connectivity index (χ0v) is 10.8. The highest BCUT2D eigenvalue weighted by atomic mass is 16.2. The van der Waals surface area contributed by atoms with Gasteiger partial charge >= 0.3 is 6.03 Å². The number of rotatable bonds is 1. The van der Waals surface area contributed by atoms with Crippen LogP contribution in [0.4, 0.5) is 4.79 Å². The van der Waals surface area contributed by atoms with Gasteiger partial charge in [-0.05, 0) is 24.6 Å². The number of aryl methyl sites for hydroxylation is 1. The molecule has 1 aliphatic rings. The molecule has 0 radical (unpaired) electrons. The monoisotopic (exact) mass is 244 g/mol. The smallest absolute Gasteiger partial charge is 0.320 e. The Labute approximate surface area is 105 Å². The van der Waals surface area contributed by atoms with Crippen LogP contribution in [0.3, 0.4) is 0 Å². The fourth-order valence-corrected chi connectivity index (χ4v) is 2.55. The molecular formula is C13H16N4O. The molecule has 3 rings (SSSR count). The second-order valence-electron chi connectivity index (χ2n) is 4.89. The molecule has 1 N–H and O–H groups in total. The predicted octanol–water partition coefficient (Wildman–Crippen LogP) is 1.91. The maximum absolute atomic E-state index is 11.8. The lowest BCUT2D eigenvalue weighted by atomic mass is 10.1. The molecule has 0 aliphatic carbocycles. The van der Waals surface area contributed by atoms with Gasteiger partial charge in [0.1, 0.15) is 5.82 Å². The van der Waals surface area contributed by atoms with E-state index < -0.39 is 0 Å². The molecule has 5 nitrogen and oxygen atoms in total. The molecule has 0 bridgehead atoms. The molecule has 1 atom stereocenters. The van der Waals surface area contributed by atoms with Crippen LogP contribution in [-0.2, 0) is 0 Å². The normalized spacial score (nSPS) is 20.2. The average molecular weight is 244 g/mol. The van der Waals surface area contributed by atoms with Crippen LogP contribution in [0.2, 0.25) is 0 Å². The van der Waals surface area contributed by atoms with Crippen molar-refractivity contribution in [1.29, 1.82) is 0 Å². The molecule has 1 aromatic heterocycles. The molecule has 1 saturated heterocycles. The van der Waals surface area contributed by atoms with Gasteiger partial charge in [-0.15, -0.1) is 0 Å². The van der Waals surface area contributed by atoms with Gasteiger partial charge in [-0.3, -0.25) is 0 Å². The van der Waals surface area contributed by atoms with E-state index in [1.165, 1.54) is 0 Å². The number of imidazole rings is 1. The quantitative estimate of drug-likeness (QED) is 0.833. The van der Waals surface area contributed by atoms with Crippen LogP contribution in [0.15, 0.2) is 18.2 Å². The van der Waals surface area contributed by atoms with Crippen LogP contribution in [-0.4, -0.2) is 46.4 Å². The molecule has 5 heteroatoms. The molecular weight excluding hydrogens is 228 g/mol. The Morgan fingerprint density at radius 1 is 1.39 bits per heavy atom. The SMILES string of the molecule is Cc1nc2ccc(C3CN(C)C(=O)N3C)cc2[nH]1. The lowest BCUT2D eigenvalue weighted by molar-refractivity contribution is 0.201. The molecule has 1 aliphatic heterocycles. The Bertz CT molecular complexity index is 618. The average Bonchev–Trinajstić information content (AvgIpc) is 2.82. The van der Waals surface area contributed by atoms with Crippen LogP contribution in [0.5, 0.6) is 0 Å². The van der Waals surface area contributed by atoms with Gasteiger partial charge < -0.3 is 14.8 Å². The van der Waals surface area contributed by atoms with E-state index in [0.29, 0.717) is 0 Å². The standard InChI is InChI=1S/C13H16N4O/c1-8-14-10-5-4-9(6-11(10)15-8)12-7-16(2)13(18)17(12)3/h4-6,12H,7H2,1-3H3,(H,14,15). The molecule has 1 unspecified atom stereocenters. The van der Waals surface area contributed by atoms with E-state index in [1.807, 2.05) is 27.1 Å². The first-order chi connectivity index (χ1) is 8.56. The minimum atomic E-state index is 0.0703. The zero-order chi connectivity index (χ0) is 12.9. The summed E-state index contributed by atoms with van der Waals surface area (Å²) in [6, 6.07) is 6.33. The minimum absolute atomic E-state index is 0.0703. The first-order valence-corrected chi connectivity index (χ1v) is 6.00. The Morgan fingerprint density at radius 3 is 2.83 bits per heavy atom. The summed E-state index contributed by atoms with van der Waals surface area (Å²) in [5.41, 5.74) is 3.14. The molecule has 2 aromatic rings. The number of aromatic amines is 1. The van der Waals surface area contributed by atoms with Crippen LogP contribution in [0, 0.1) is 6.92 Å². The van der Waals surface area contributed by atoms with Gasteiger partial charge in [0.25, 0.3) is 0 Å². The fourth-order valence-electron chi connectivity index (χ4n) is 2.55. The number of benzene rings is 1. The van der Waals surface area contributed by atoms with Crippen molar-refractivity contribution in [3.05, 3.63) is 29.6 Å². The van der Waals surface area contributed by atoms with Gasteiger partial charge in [0, 0.05) is 20.6 Å². The van der Waals surface area contributed by atoms with Crippen LogP contribution in [0.1, 0.15) is 17.4 Å². The van der Waals surface area contributed by atoms with Crippen LogP contribution >= 0.6 is 0 Å². The molecule has 94 valence electrons. The van der Waals surface area contributed by atoms with Crippen molar-refractivity contribution in [3.63, 3.8) is 0 Å². The van der Waals surface area contributed by atoms with Crippen molar-refractivity contribution in [2.45, 2.75) is 13.0 Å². The lowest BCUT2D eigenvalue weighted by Gasteiger charge is -2.17. The highest BCUT2D eigenvalue weighted by Crippen LogP contribution is 2.28. The number of fused-ring (bicyclic) bond motifs is 1. The first kappa shape index (κ1) is 11.1. The maximum atomic E-state index is 11.8. The van der Waals surface area contributed by atoms with Crippen molar-refractivity contribution in [3.8, 4) is 0 Å². The zero-order valence-electron chi connectivity index (χ0n) is 10.8. The summed E-state index contributed by atoms with van der Waals surface area (Å²) in [7, 11) is 3.68. The third kappa shape index (κ3) is 1.54. The van der Waals surface area contributed by atoms with Crippen molar-refractivity contribution in [1.82, 2.24) is 19.8 Å². The number of amides is 2. The van der Waals surface area contributed by atoms with Crippen molar-refractivity contribution < 1.29 is 4.79 Å². The van der Waals surface area contributed by atoms with Gasteiger partial charge in [0.05, 0.1) is 17.1 Å². The number of nitrogens with one attached hydrogen (secondary N) is 1. The van der Waals surface area contributed by atoms with Gasteiger partial charge in [-0.2, -0.15) is 0 Å². The Balaban J connectivity index is 2.02. The molecule has 18 heavy (non-hydrogen) atoms. The van der Waals surface area contributed by atoms with E-state index in [9.17, 15) is 4.79 Å². The predicted molar refractivity (Wildman–Crippen MR) is 69.4 cm³/mol. The maximum Gasteiger partial charge on any atom is 0.320 e. The molecule has 0 spiro atoms. The van der Waals surface area contributed by atoms with Gasteiger partial charge in [-0.1, -0.05) is 6.07 Å². The van der Waals surface area contributed by atoms with Gasteiger partial charge in [-0.25, -0.2) is 9.78 Å². The number of nitrogens with zero attached hydrogens (tertiary/aromatic N) is 3. The van der Waals surface area contributed by atoms with Crippen LogP contribution < -0.4 is 0 Å². The van der Waals surface area contributed by atoms with Crippen molar-refractivity contribution >= 4 is 17.1 Å². The number of H-pyrrole nitrogens is 1. The van der Waals surface area contributed by atoms with Gasteiger partial charge in [0.2, 0.25) is 0 Å². The highest BCUT2D eigenvalue weighted by Gasteiger charge is 2.33. The summed E-state index contributed by atoms with van der Waals surface area (Å²) >= 11 is 0. The van der Waals surface area contributed by atoms with E-state index in [-0.39, 0.29) is 12.1 Å². The minimum Gasteiger partial charge on any atom is -0.342 e. The number of likely N-dealkylation sites (N-methyl/N-ethyl adjacent to an activating group) is 2. The number of hydrogen-bond acceptors (Lipinski definition) is 2. The van der Waals surface area contributed by atoms with Crippen LogP contribution in [0.25, 0.3) is 11.0 Å². The number of hydrogen-bond donors (Lipinski definition) is 1. The number of carbonyl (C=O) groups is 1. The summed E-state index contributed by atoms with van der Waals surface area (Å²) in [5, 5.41) is 0. The molecule has 2 heterocycles. The second kappa shape index (κ2) is 3.73. The topological polar surface area (TPSA) is 52.2 Å². The number of carbonyl (C=O) groups excluding carboxylic acids is 1. The van der Waals surface area contributed by atoms with E-state index in [4.69, 9.17) is 0 Å². The largest absolute Gasteiger partial charge is 0.342 e. The number of urea groups is 1. The molecule has 0 saturated carbocycles. The second-order valence-corrected chi connectivity index (χ2v) is 4.89. The summed E-state index contributed by atoms with van der Waals surface area (Å²) in [4.78, 5) is 22.9. The highest BCUT2D eigenvalue weighted by molar-refractivity contribution is 5.79. The number of aromatic nitrogens is 2. The summed E-state index contributed by atoms with van der Waals surface area (Å²) < 4.78 is 0. The molecule has 1 aromatic carbocycles. The van der Waals surface area contributed by atoms with E-state index in [2.05, 4.69) is 22.1 Å². The van der Waals surface area contributed by atoms with Crippen molar-refractivity contribution in [2.75, 3.05) is 20.6 Å². The van der Waals surface area contributed by atoms with Crippen molar-refractivity contribution in [2.24, 2.45) is 0 Å². The third-order valence-corrected chi connectivity index (χ3v) is 3.55. The Kier molecular flexibility index (Phi) is 2.29. The summed E-state index contributed by atoms with van der Waals surface area (Å²) in [5.74, 6) is 0.912. The van der Waals surface area contributed by atoms with E-state index in [1.54, 1.807) is 9.80 Å². The van der Waals surface area contributed by atoms with E-state index >= 15 is 0 Å². The molecule has 2 amide bonds. The van der Waals surface area contributed by atoms with Gasteiger partial charge in [0.15, 0.2) is 0 Å². The Hall–Kier alpha value is -2.04. The summed E-state index contributed by atoms with van der Waals surface area (Å²) in [6.45, 7) is 2.67. The Morgan fingerprint density at radius 2 is 2.17 bits per heavy atom. The fraction of sp³-hybridized carbons (Fsp3) is 0.385. The third-order valence-electron chi connectivity index (χ3n) is 3.55. The van der Waals surface area contributed by atoms with E-state index in [0.717, 1.165) is 29.0 Å². The first-order valence-electron chi connectivity index (χ1n) is 6.00. The summed E-state index contributed by atoms with van der Waals surface area (Å²) in [6.07, 6.45) is 0. The lowest BCUT2D eigenvalue weighted by Crippen LogP contribution is -2.26.